The zero-order valence-corrected chi connectivity index (χ0v) is 10.1. The molecular weight excluding hydrogens is 184 g/mol. The highest BCUT2D eigenvalue weighted by Gasteiger charge is 1.99. The van der Waals surface area contributed by atoms with Crippen LogP contribution in [0.3, 0.4) is 0 Å². The molecule has 0 saturated heterocycles. The van der Waals surface area contributed by atoms with Crippen molar-refractivity contribution in [2.45, 2.75) is 40.2 Å². The fraction of sp³-hybridized carbons (Fsp3) is 0.538. The van der Waals surface area contributed by atoms with Crippen LogP contribution >= 0.6 is 0 Å². The fourth-order valence-electron chi connectivity index (χ4n) is 1.23. The first kappa shape index (κ1) is 11.9. The van der Waals surface area contributed by atoms with Gasteiger partial charge in [-0.25, -0.2) is 0 Å². The van der Waals surface area contributed by atoms with Crippen molar-refractivity contribution in [1.82, 2.24) is 4.98 Å². The zero-order chi connectivity index (χ0) is 11.3. The molecular formula is C13H20N2. The average molecular weight is 204 g/mol. The summed E-state index contributed by atoms with van der Waals surface area (Å²) in [6.07, 6.45) is 3.92. The van der Waals surface area contributed by atoms with Gasteiger partial charge in [-0.15, -0.1) is 0 Å². The number of rotatable bonds is 4. The topological polar surface area (TPSA) is 25.2 Å². The van der Waals surface area contributed by atoms with E-state index in [4.69, 9.17) is 0 Å². The van der Waals surface area contributed by atoms with Gasteiger partial charge in [-0.3, -0.25) is 9.98 Å². The Morgan fingerprint density at radius 3 is 2.47 bits per heavy atom. The van der Waals surface area contributed by atoms with Gasteiger partial charge in [-0.05, 0) is 23.5 Å². The van der Waals surface area contributed by atoms with Crippen LogP contribution in [0.2, 0.25) is 0 Å². The minimum Gasteiger partial charge on any atom is -0.291 e. The smallest absolute Gasteiger partial charge is 0.0807 e. The molecule has 0 spiro atoms. The van der Waals surface area contributed by atoms with Crippen LogP contribution in [0.1, 0.15) is 44.9 Å². The predicted molar refractivity (Wildman–Crippen MR) is 65.4 cm³/mol. The Kier molecular flexibility index (Phi) is 4.47. The first-order valence-electron chi connectivity index (χ1n) is 5.54. The minimum absolute atomic E-state index is 0.514. The summed E-state index contributed by atoms with van der Waals surface area (Å²) in [5.41, 5.74) is 2.32. The van der Waals surface area contributed by atoms with Gasteiger partial charge < -0.3 is 0 Å². The number of hydrogen-bond acceptors (Lipinski definition) is 2. The molecule has 0 radical (unpaired) electrons. The lowest BCUT2D eigenvalue weighted by Gasteiger charge is -2.04. The molecule has 0 N–H and O–H groups in total. The van der Waals surface area contributed by atoms with Crippen LogP contribution in [0.5, 0.6) is 0 Å². The molecule has 0 fully saturated rings. The van der Waals surface area contributed by atoms with Crippen molar-refractivity contribution in [2.24, 2.45) is 10.9 Å². The van der Waals surface area contributed by atoms with E-state index in [-0.39, 0.29) is 0 Å². The van der Waals surface area contributed by atoms with Gasteiger partial charge in [-0.2, -0.15) is 0 Å². The second-order valence-corrected chi connectivity index (χ2v) is 4.47. The van der Waals surface area contributed by atoms with E-state index in [1.54, 1.807) is 0 Å². The number of aromatic nitrogens is 1. The summed E-state index contributed by atoms with van der Waals surface area (Å²) in [5.74, 6) is 1.06. The lowest BCUT2D eigenvalue weighted by molar-refractivity contribution is 0.846. The number of nitrogens with zero attached hydrogens (tertiary/aromatic N) is 2. The molecule has 0 saturated carbocycles. The van der Waals surface area contributed by atoms with Crippen molar-refractivity contribution in [1.29, 1.82) is 0 Å². The molecule has 1 heterocycles. The van der Waals surface area contributed by atoms with Crippen LogP contribution in [0.15, 0.2) is 23.3 Å². The van der Waals surface area contributed by atoms with Crippen LogP contribution in [-0.2, 0) is 6.54 Å². The molecule has 0 atom stereocenters. The number of hydrogen-bond donors (Lipinski definition) is 0. The Balaban J connectivity index is 2.57. The van der Waals surface area contributed by atoms with Crippen LogP contribution in [0.25, 0.3) is 0 Å². The summed E-state index contributed by atoms with van der Waals surface area (Å²) in [7, 11) is 0. The summed E-state index contributed by atoms with van der Waals surface area (Å²) in [6, 6.07) is 4.20. The predicted octanol–water partition coefficient (Wildman–Crippen LogP) is 3.43. The van der Waals surface area contributed by atoms with Crippen LogP contribution in [0.4, 0.5) is 0 Å². The third-order valence-corrected chi connectivity index (χ3v) is 2.17. The quantitative estimate of drug-likeness (QED) is 0.690. The third-order valence-electron chi connectivity index (χ3n) is 2.17. The fourth-order valence-corrected chi connectivity index (χ4v) is 1.23. The monoisotopic (exact) mass is 204 g/mol. The molecule has 0 aliphatic carbocycles. The average Bonchev–Trinajstić information content (AvgIpc) is 2.18. The highest BCUT2D eigenvalue weighted by Crippen LogP contribution is 2.12. The molecule has 0 aliphatic rings. The molecule has 82 valence electrons. The van der Waals surface area contributed by atoms with Crippen molar-refractivity contribution in [3.05, 3.63) is 29.6 Å². The van der Waals surface area contributed by atoms with E-state index < -0.39 is 0 Å². The first-order chi connectivity index (χ1) is 7.09. The van der Waals surface area contributed by atoms with Crippen molar-refractivity contribution >= 4 is 6.21 Å². The van der Waals surface area contributed by atoms with E-state index in [1.807, 2.05) is 12.4 Å². The normalized spacial score (nSPS) is 11.9. The van der Waals surface area contributed by atoms with E-state index in [9.17, 15) is 0 Å². The molecule has 0 amide bonds. The van der Waals surface area contributed by atoms with Gasteiger partial charge in [0.2, 0.25) is 0 Å². The Hall–Kier alpha value is -1.18. The van der Waals surface area contributed by atoms with Gasteiger partial charge in [0.25, 0.3) is 0 Å². The third kappa shape index (κ3) is 4.24. The highest BCUT2D eigenvalue weighted by molar-refractivity contribution is 5.59. The van der Waals surface area contributed by atoms with Gasteiger partial charge in [0.1, 0.15) is 0 Å². The molecule has 0 aliphatic heterocycles. The first-order valence-corrected chi connectivity index (χ1v) is 5.54. The Morgan fingerprint density at radius 1 is 1.27 bits per heavy atom. The largest absolute Gasteiger partial charge is 0.291 e. The van der Waals surface area contributed by atoms with E-state index in [1.165, 1.54) is 5.56 Å². The lowest BCUT2D eigenvalue weighted by atomic mass is 10.1. The van der Waals surface area contributed by atoms with Gasteiger partial charge in [0.15, 0.2) is 0 Å². The van der Waals surface area contributed by atoms with Crippen molar-refractivity contribution in [3.8, 4) is 0 Å². The van der Waals surface area contributed by atoms with Crippen LogP contribution < -0.4 is 0 Å². The summed E-state index contributed by atoms with van der Waals surface area (Å²) in [5, 5.41) is 0. The summed E-state index contributed by atoms with van der Waals surface area (Å²) >= 11 is 0. The molecule has 1 aromatic heterocycles. The lowest BCUT2D eigenvalue weighted by Crippen LogP contribution is -1.94. The number of aliphatic imine (C=N–C) groups is 1. The van der Waals surface area contributed by atoms with E-state index in [0.717, 1.165) is 5.69 Å². The van der Waals surface area contributed by atoms with Crippen molar-refractivity contribution < 1.29 is 0 Å². The molecule has 15 heavy (non-hydrogen) atoms. The molecule has 0 aromatic carbocycles. The van der Waals surface area contributed by atoms with E-state index in [2.05, 4.69) is 49.8 Å². The minimum atomic E-state index is 0.514. The summed E-state index contributed by atoms with van der Waals surface area (Å²) in [6.45, 7) is 9.29. The standard InChI is InChI=1S/C13H20N2/c1-10(2)7-14-9-13-6-5-12(8-15-13)11(3)4/h5-8,10-11H,9H2,1-4H3. The van der Waals surface area contributed by atoms with Gasteiger partial charge in [0.05, 0.1) is 12.2 Å². The Labute approximate surface area is 92.5 Å². The summed E-state index contributed by atoms with van der Waals surface area (Å²) in [4.78, 5) is 8.71. The summed E-state index contributed by atoms with van der Waals surface area (Å²) < 4.78 is 0. The van der Waals surface area contributed by atoms with Crippen molar-refractivity contribution in [2.75, 3.05) is 0 Å². The highest BCUT2D eigenvalue weighted by atomic mass is 14.8. The Bertz CT molecular complexity index is 310. The molecule has 0 bridgehead atoms. The van der Waals surface area contributed by atoms with E-state index in [0.29, 0.717) is 18.4 Å². The Morgan fingerprint density at radius 2 is 2.00 bits per heavy atom. The van der Waals surface area contributed by atoms with Crippen LogP contribution in [-0.4, -0.2) is 11.2 Å². The van der Waals surface area contributed by atoms with Crippen LogP contribution in [0, 0.1) is 5.92 Å². The second kappa shape index (κ2) is 5.64. The van der Waals surface area contributed by atoms with Gasteiger partial charge in [0, 0.05) is 12.4 Å². The maximum atomic E-state index is 4.38. The molecule has 2 nitrogen and oxygen atoms in total. The number of pyridine rings is 1. The molecule has 0 unspecified atom stereocenters. The SMILES string of the molecule is CC(C)C=NCc1ccc(C(C)C)cn1. The van der Waals surface area contributed by atoms with E-state index >= 15 is 0 Å². The maximum absolute atomic E-state index is 4.38. The van der Waals surface area contributed by atoms with Gasteiger partial charge >= 0.3 is 0 Å². The second-order valence-electron chi connectivity index (χ2n) is 4.47. The maximum Gasteiger partial charge on any atom is 0.0807 e. The molecule has 2 heteroatoms. The zero-order valence-electron chi connectivity index (χ0n) is 10.1. The van der Waals surface area contributed by atoms with Crippen molar-refractivity contribution in [3.63, 3.8) is 0 Å². The molecule has 1 rings (SSSR count). The van der Waals surface area contributed by atoms with Gasteiger partial charge in [-0.1, -0.05) is 33.8 Å². The molecule has 1 aromatic rings.